The Kier molecular flexibility index (Phi) is 6.46. The van der Waals surface area contributed by atoms with Crippen LogP contribution in [0.4, 0.5) is 4.79 Å². The molecule has 1 N–H and O–H groups in total. The van der Waals surface area contributed by atoms with Gasteiger partial charge in [-0.1, -0.05) is 30.3 Å². The summed E-state index contributed by atoms with van der Waals surface area (Å²) in [4.78, 5) is 27.2. The van der Waals surface area contributed by atoms with Crippen LogP contribution in [0.25, 0.3) is 0 Å². The van der Waals surface area contributed by atoms with Crippen LogP contribution in [0.2, 0.25) is 0 Å². The summed E-state index contributed by atoms with van der Waals surface area (Å²) in [6, 6.07) is 8.19. The van der Waals surface area contributed by atoms with Crippen molar-refractivity contribution in [2.24, 2.45) is 5.92 Å². The molecular formula is C19H26N2O5. The molecule has 3 aliphatic heterocycles. The highest BCUT2D eigenvalue weighted by atomic mass is 16.6. The van der Waals surface area contributed by atoms with E-state index in [1.807, 2.05) is 18.2 Å². The summed E-state index contributed by atoms with van der Waals surface area (Å²) in [5, 5.41) is 2.62. The first-order chi connectivity index (χ1) is 12.7. The fraction of sp³-hybridized carbons (Fsp3) is 0.579. The SMILES string of the molecule is COCCOC(=O)NC(C(=O)O[C@H]1CN2CCC1CC2)c1ccccc1. The van der Waals surface area contributed by atoms with Gasteiger partial charge in [0, 0.05) is 13.7 Å². The number of piperidine rings is 3. The van der Waals surface area contributed by atoms with Gasteiger partial charge in [0.05, 0.1) is 6.61 Å². The van der Waals surface area contributed by atoms with Gasteiger partial charge in [-0.3, -0.25) is 4.90 Å². The molecular weight excluding hydrogens is 336 g/mol. The van der Waals surface area contributed by atoms with Gasteiger partial charge in [0.15, 0.2) is 6.04 Å². The van der Waals surface area contributed by atoms with Gasteiger partial charge in [-0.2, -0.15) is 0 Å². The van der Waals surface area contributed by atoms with Crippen LogP contribution in [0.1, 0.15) is 24.4 Å². The molecule has 4 rings (SSSR count). The molecule has 2 atom stereocenters. The van der Waals surface area contributed by atoms with Crippen molar-refractivity contribution in [3.8, 4) is 0 Å². The van der Waals surface area contributed by atoms with Gasteiger partial charge in [-0.15, -0.1) is 0 Å². The van der Waals surface area contributed by atoms with Crippen LogP contribution in [0.3, 0.4) is 0 Å². The lowest BCUT2D eigenvalue weighted by Gasteiger charge is -2.44. The maximum atomic E-state index is 12.8. The number of rotatable bonds is 7. The van der Waals surface area contributed by atoms with Crippen molar-refractivity contribution in [3.05, 3.63) is 35.9 Å². The number of methoxy groups -OCH3 is 1. The van der Waals surface area contributed by atoms with Gasteiger partial charge in [-0.25, -0.2) is 9.59 Å². The molecule has 26 heavy (non-hydrogen) atoms. The highest BCUT2D eigenvalue weighted by molar-refractivity contribution is 5.83. The van der Waals surface area contributed by atoms with Gasteiger partial charge in [0.1, 0.15) is 12.7 Å². The van der Waals surface area contributed by atoms with Gasteiger partial charge < -0.3 is 19.5 Å². The topological polar surface area (TPSA) is 77.1 Å². The third-order valence-electron chi connectivity index (χ3n) is 5.02. The summed E-state index contributed by atoms with van der Waals surface area (Å²) in [6.07, 6.45) is 1.34. The molecule has 1 aromatic carbocycles. The number of ether oxygens (including phenoxy) is 3. The van der Waals surface area contributed by atoms with E-state index >= 15 is 0 Å². The zero-order valence-corrected chi connectivity index (χ0v) is 15.1. The van der Waals surface area contributed by atoms with E-state index < -0.39 is 18.1 Å². The average Bonchev–Trinajstić information content (AvgIpc) is 2.68. The molecule has 0 aliphatic carbocycles. The molecule has 1 unspecified atom stereocenters. The predicted molar refractivity (Wildman–Crippen MR) is 94.6 cm³/mol. The number of benzene rings is 1. The van der Waals surface area contributed by atoms with E-state index in [0.29, 0.717) is 18.1 Å². The number of amides is 1. The van der Waals surface area contributed by atoms with Crippen LogP contribution in [-0.4, -0.2) is 63.0 Å². The Hall–Kier alpha value is -2.12. The molecule has 142 valence electrons. The standard InChI is InChI=1S/C19H26N2O5/c1-24-11-12-25-19(23)20-17(15-5-3-2-4-6-15)18(22)26-16-13-21-9-7-14(16)8-10-21/h2-6,14,16-17H,7-13H2,1H3,(H,20,23)/t16-,17?/m0/s1. The number of hydrogen-bond acceptors (Lipinski definition) is 6. The molecule has 0 radical (unpaired) electrons. The summed E-state index contributed by atoms with van der Waals surface area (Å²) in [5.41, 5.74) is 0.669. The minimum Gasteiger partial charge on any atom is -0.459 e. The minimum absolute atomic E-state index is 0.109. The van der Waals surface area contributed by atoms with Crippen LogP contribution in [-0.2, 0) is 19.0 Å². The average molecular weight is 362 g/mol. The number of nitrogens with one attached hydrogen (secondary N) is 1. The van der Waals surface area contributed by atoms with E-state index in [-0.39, 0.29) is 12.7 Å². The molecule has 1 amide bonds. The Labute approximate surface area is 153 Å². The van der Waals surface area contributed by atoms with Crippen LogP contribution in [0.5, 0.6) is 0 Å². The molecule has 0 saturated carbocycles. The lowest BCUT2D eigenvalue weighted by Crippen LogP contribution is -2.52. The number of nitrogens with zero attached hydrogens (tertiary/aromatic N) is 1. The molecule has 3 fully saturated rings. The van der Waals surface area contributed by atoms with E-state index in [9.17, 15) is 9.59 Å². The monoisotopic (exact) mass is 362 g/mol. The fourth-order valence-electron chi connectivity index (χ4n) is 3.56. The van der Waals surface area contributed by atoms with E-state index in [4.69, 9.17) is 14.2 Å². The molecule has 2 bridgehead atoms. The summed E-state index contributed by atoms with van der Waals surface area (Å²) in [5.74, 6) is -0.0346. The second-order valence-corrected chi connectivity index (χ2v) is 6.73. The van der Waals surface area contributed by atoms with Crippen molar-refractivity contribution in [1.82, 2.24) is 10.2 Å². The quantitative estimate of drug-likeness (QED) is 0.588. The lowest BCUT2D eigenvalue weighted by atomic mass is 9.86. The Morgan fingerprint density at radius 2 is 1.92 bits per heavy atom. The molecule has 3 aliphatic rings. The van der Waals surface area contributed by atoms with Gasteiger partial charge in [0.2, 0.25) is 0 Å². The van der Waals surface area contributed by atoms with Gasteiger partial charge >= 0.3 is 12.1 Å². The van der Waals surface area contributed by atoms with Crippen LogP contribution < -0.4 is 5.32 Å². The number of alkyl carbamates (subject to hydrolysis) is 1. The first kappa shape index (κ1) is 18.7. The maximum Gasteiger partial charge on any atom is 0.408 e. The highest BCUT2D eigenvalue weighted by Crippen LogP contribution is 2.30. The van der Waals surface area contributed by atoms with Gasteiger partial charge in [0.25, 0.3) is 0 Å². The van der Waals surface area contributed by atoms with Crippen LogP contribution >= 0.6 is 0 Å². The van der Waals surface area contributed by atoms with E-state index in [0.717, 1.165) is 32.5 Å². The first-order valence-corrected chi connectivity index (χ1v) is 9.07. The zero-order chi connectivity index (χ0) is 18.4. The number of carbonyl (C=O) groups excluding carboxylic acids is 2. The number of esters is 1. The lowest BCUT2D eigenvalue weighted by molar-refractivity contribution is -0.161. The van der Waals surface area contributed by atoms with Crippen molar-refractivity contribution >= 4 is 12.1 Å². The summed E-state index contributed by atoms with van der Waals surface area (Å²) in [6.45, 7) is 3.35. The molecule has 0 aromatic heterocycles. The van der Waals surface area contributed by atoms with E-state index in [2.05, 4.69) is 10.2 Å². The largest absolute Gasteiger partial charge is 0.459 e. The normalized spacial score (nSPS) is 25.3. The molecule has 0 spiro atoms. The third kappa shape index (κ3) is 4.74. The maximum absolute atomic E-state index is 12.8. The second kappa shape index (κ2) is 9.00. The van der Waals surface area contributed by atoms with Gasteiger partial charge in [-0.05, 0) is 37.4 Å². The van der Waals surface area contributed by atoms with Crippen LogP contribution in [0, 0.1) is 5.92 Å². The van der Waals surface area contributed by atoms with Crippen LogP contribution in [0.15, 0.2) is 30.3 Å². The molecule has 3 saturated heterocycles. The smallest absolute Gasteiger partial charge is 0.408 e. The number of hydrogen-bond donors (Lipinski definition) is 1. The Bertz CT molecular complexity index is 601. The summed E-state index contributed by atoms with van der Waals surface area (Å²) in [7, 11) is 1.53. The zero-order valence-electron chi connectivity index (χ0n) is 15.1. The number of carbonyl (C=O) groups is 2. The predicted octanol–water partition coefficient (Wildman–Crippen LogP) is 1.74. The van der Waals surface area contributed by atoms with E-state index in [1.165, 1.54) is 7.11 Å². The Morgan fingerprint density at radius 1 is 1.19 bits per heavy atom. The Balaban J connectivity index is 1.64. The molecule has 3 heterocycles. The molecule has 7 heteroatoms. The first-order valence-electron chi connectivity index (χ1n) is 9.07. The summed E-state index contributed by atoms with van der Waals surface area (Å²) < 4.78 is 15.7. The highest BCUT2D eigenvalue weighted by Gasteiger charge is 2.38. The van der Waals surface area contributed by atoms with Crippen molar-refractivity contribution in [2.45, 2.75) is 25.0 Å². The van der Waals surface area contributed by atoms with Crippen molar-refractivity contribution < 1.29 is 23.8 Å². The molecule has 1 aromatic rings. The third-order valence-corrected chi connectivity index (χ3v) is 5.02. The minimum atomic E-state index is -0.887. The van der Waals surface area contributed by atoms with E-state index in [1.54, 1.807) is 12.1 Å². The van der Waals surface area contributed by atoms with Crippen molar-refractivity contribution in [2.75, 3.05) is 40.0 Å². The van der Waals surface area contributed by atoms with Crippen molar-refractivity contribution in [3.63, 3.8) is 0 Å². The fourth-order valence-corrected chi connectivity index (χ4v) is 3.56. The number of fused-ring (bicyclic) bond motifs is 3. The second-order valence-electron chi connectivity index (χ2n) is 6.73. The molecule has 7 nitrogen and oxygen atoms in total. The summed E-state index contributed by atoms with van der Waals surface area (Å²) >= 11 is 0. The van der Waals surface area contributed by atoms with Crippen molar-refractivity contribution in [1.29, 1.82) is 0 Å². The Morgan fingerprint density at radius 3 is 2.54 bits per heavy atom.